The molecule has 158 valence electrons. The molecule has 0 amide bonds. The Hall–Kier alpha value is -1.31. The molecule has 2 atom stereocenters. The van der Waals surface area contributed by atoms with Crippen molar-refractivity contribution in [2.45, 2.75) is 89.9 Å². The SMILES string of the molecule is CCCCCCCCCCOC1=C(OCC(C)(C)O)[C@@H]([C@@H](O)CO)OC1=O. The molecule has 0 aromatic carbocycles. The number of unbranched alkanes of at least 4 members (excludes halogenated alkanes) is 7. The zero-order valence-corrected chi connectivity index (χ0v) is 16.9. The molecule has 0 saturated carbocycles. The average molecular weight is 389 g/mol. The summed E-state index contributed by atoms with van der Waals surface area (Å²) >= 11 is 0. The molecule has 1 aliphatic heterocycles. The van der Waals surface area contributed by atoms with Gasteiger partial charge in [-0.25, -0.2) is 4.79 Å². The van der Waals surface area contributed by atoms with E-state index in [0.29, 0.717) is 6.61 Å². The maximum Gasteiger partial charge on any atom is 0.378 e. The Morgan fingerprint density at radius 1 is 1.07 bits per heavy atom. The number of carbonyl (C=O) groups is 1. The van der Waals surface area contributed by atoms with Crippen molar-refractivity contribution in [2.75, 3.05) is 19.8 Å². The maximum atomic E-state index is 12.1. The van der Waals surface area contributed by atoms with Gasteiger partial charge in [0.05, 0.1) is 18.8 Å². The third-order valence-corrected chi connectivity index (χ3v) is 4.26. The lowest BCUT2D eigenvalue weighted by molar-refractivity contribution is -0.149. The van der Waals surface area contributed by atoms with E-state index in [1.807, 2.05) is 0 Å². The summed E-state index contributed by atoms with van der Waals surface area (Å²) in [7, 11) is 0. The molecule has 7 heteroatoms. The van der Waals surface area contributed by atoms with Crippen LogP contribution in [0.5, 0.6) is 0 Å². The summed E-state index contributed by atoms with van der Waals surface area (Å²) in [6.45, 7) is 4.98. The van der Waals surface area contributed by atoms with Crippen molar-refractivity contribution in [1.82, 2.24) is 0 Å². The molecule has 0 aliphatic carbocycles. The molecule has 1 aliphatic rings. The van der Waals surface area contributed by atoms with Crippen molar-refractivity contribution < 1.29 is 34.3 Å². The molecular formula is C20H36O7. The van der Waals surface area contributed by atoms with Gasteiger partial charge in [0.1, 0.15) is 12.7 Å². The van der Waals surface area contributed by atoms with Gasteiger partial charge in [0, 0.05) is 0 Å². The van der Waals surface area contributed by atoms with Gasteiger partial charge in [-0.3, -0.25) is 0 Å². The fraction of sp³-hybridized carbons (Fsp3) is 0.850. The Morgan fingerprint density at radius 3 is 2.22 bits per heavy atom. The zero-order valence-electron chi connectivity index (χ0n) is 16.9. The minimum absolute atomic E-state index is 0.0308. The van der Waals surface area contributed by atoms with E-state index in [-0.39, 0.29) is 18.1 Å². The monoisotopic (exact) mass is 388 g/mol. The number of aliphatic hydroxyl groups excluding tert-OH is 2. The van der Waals surface area contributed by atoms with E-state index in [1.54, 1.807) is 13.8 Å². The van der Waals surface area contributed by atoms with Crippen LogP contribution < -0.4 is 0 Å². The standard InChI is InChI=1S/C20H36O7/c1-4-5-6-7-8-9-10-11-12-25-18-17(26-14-20(2,3)24)16(15(22)13-21)27-19(18)23/h15-16,21-22,24H,4-14H2,1-3H3/t15-,16+/m0/s1. The summed E-state index contributed by atoms with van der Waals surface area (Å²) in [5.74, 6) is -0.777. The maximum absolute atomic E-state index is 12.1. The van der Waals surface area contributed by atoms with E-state index < -0.39 is 30.4 Å². The third-order valence-electron chi connectivity index (χ3n) is 4.26. The highest BCUT2D eigenvalue weighted by atomic mass is 16.6. The first-order valence-corrected chi connectivity index (χ1v) is 10.0. The summed E-state index contributed by atoms with van der Waals surface area (Å²) in [6.07, 6.45) is 6.77. The molecule has 0 saturated heterocycles. The summed E-state index contributed by atoms with van der Waals surface area (Å²) in [6, 6.07) is 0. The van der Waals surface area contributed by atoms with Crippen molar-refractivity contribution in [3.05, 3.63) is 11.5 Å². The van der Waals surface area contributed by atoms with Gasteiger partial charge in [-0.15, -0.1) is 0 Å². The Morgan fingerprint density at radius 2 is 1.67 bits per heavy atom. The number of carbonyl (C=O) groups excluding carboxylic acids is 1. The minimum atomic E-state index is -1.31. The number of aliphatic hydroxyl groups is 3. The van der Waals surface area contributed by atoms with Gasteiger partial charge in [0.15, 0.2) is 11.9 Å². The Labute approximate surface area is 162 Å². The van der Waals surface area contributed by atoms with Crippen LogP contribution in [-0.2, 0) is 19.0 Å². The summed E-state index contributed by atoms with van der Waals surface area (Å²) in [5, 5.41) is 28.9. The first-order chi connectivity index (χ1) is 12.8. The van der Waals surface area contributed by atoms with Crippen LogP contribution in [0.1, 0.15) is 72.1 Å². The quantitative estimate of drug-likeness (QED) is 0.292. The fourth-order valence-electron chi connectivity index (χ4n) is 2.74. The number of ether oxygens (including phenoxy) is 3. The second kappa shape index (κ2) is 12.2. The van der Waals surface area contributed by atoms with Crippen LogP contribution in [0.3, 0.4) is 0 Å². The fourth-order valence-corrected chi connectivity index (χ4v) is 2.74. The van der Waals surface area contributed by atoms with Gasteiger partial charge in [-0.1, -0.05) is 51.9 Å². The first-order valence-electron chi connectivity index (χ1n) is 10.0. The van der Waals surface area contributed by atoms with Crippen molar-refractivity contribution in [3.63, 3.8) is 0 Å². The molecule has 1 heterocycles. The summed E-state index contributed by atoms with van der Waals surface area (Å²) < 4.78 is 16.2. The zero-order chi connectivity index (χ0) is 20.3. The van der Waals surface area contributed by atoms with Gasteiger partial charge in [-0.05, 0) is 20.3 Å². The second-order valence-corrected chi connectivity index (χ2v) is 7.69. The van der Waals surface area contributed by atoms with Gasteiger partial charge in [0.25, 0.3) is 0 Å². The molecule has 0 unspecified atom stereocenters. The molecule has 0 fully saturated rings. The van der Waals surface area contributed by atoms with Crippen LogP contribution >= 0.6 is 0 Å². The molecular weight excluding hydrogens is 352 g/mol. The van der Waals surface area contributed by atoms with Crippen molar-refractivity contribution in [3.8, 4) is 0 Å². The smallest absolute Gasteiger partial charge is 0.378 e. The molecule has 0 radical (unpaired) electrons. The molecule has 0 aromatic rings. The molecule has 0 aromatic heterocycles. The Kier molecular flexibility index (Phi) is 10.7. The van der Waals surface area contributed by atoms with E-state index in [0.717, 1.165) is 19.3 Å². The van der Waals surface area contributed by atoms with E-state index in [1.165, 1.54) is 32.1 Å². The van der Waals surface area contributed by atoms with E-state index in [4.69, 9.17) is 19.3 Å². The average Bonchev–Trinajstić information content (AvgIpc) is 2.93. The molecule has 1 rings (SSSR count). The largest absolute Gasteiger partial charge is 0.487 e. The van der Waals surface area contributed by atoms with Crippen LogP contribution in [0.2, 0.25) is 0 Å². The predicted molar refractivity (Wildman–Crippen MR) is 101 cm³/mol. The number of hydrogen-bond donors (Lipinski definition) is 3. The lowest BCUT2D eigenvalue weighted by Crippen LogP contribution is -2.34. The van der Waals surface area contributed by atoms with Gasteiger partial charge >= 0.3 is 5.97 Å². The van der Waals surface area contributed by atoms with Gasteiger partial charge < -0.3 is 29.5 Å². The van der Waals surface area contributed by atoms with Crippen LogP contribution in [0.25, 0.3) is 0 Å². The molecule has 0 spiro atoms. The number of cyclic esters (lactones) is 1. The van der Waals surface area contributed by atoms with Crippen LogP contribution in [0.4, 0.5) is 0 Å². The summed E-state index contributed by atoms with van der Waals surface area (Å²) in [4.78, 5) is 12.1. The van der Waals surface area contributed by atoms with Crippen LogP contribution in [0.15, 0.2) is 11.5 Å². The number of esters is 1. The lowest BCUT2D eigenvalue weighted by Gasteiger charge is -2.22. The second-order valence-electron chi connectivity index (χ2n) is 7.69. The van der Waals surface area contributed by atoms with Crippen molar-refractivity contribution >= 4 is 5.97 Å². The predicted octanol–water partition coefficient (Wildman–Crippen LogP) is 2.42. The van der Waals surface area contributed by atoms with E-state index >= 15 is 0 Å². The highest BCUT2D eigenvalue weighted by Crippen LogP contribution is 2.28. The van der Waals surface area contributed by atoms with E-state index in [9.17, 15) is 15.0 Å². The highest BCUT2D eigenvalue weighted by Gasteiger charge is 2.42. The van der Waals surface area contributed by atoms with Crippen molar-refractivity contribution in [1.29, 1.82) is 0 Å². The number of rotatable bonds is 15. The van der Waals surface area contributed by atoms with E-state index in [2.05, 4.69) is 6.92 Å². The highest BCUT2D eigenvalue weighted by molar-refractivity contribution is 5.89. The van der Waals surface area contributed by atoms with Gasteiger partial charge in [-0.2, -0.15) is 0 Å². The third kappa shape index (κ3) is 8.95. The minimum Gasteiger partial charge on any atom is -0.487 e. The lowest BCUT2D eigenvalue weighted by atomic mass is 10.1. The normalized spacial score (nSPS) is 18.6. The first kappa shape index (κ1) is 23.7. The van der Waals surface area contributed by atoms with Crippen molar-refractivity contribution in [2.24, 2.45) is 0 Å². The Bertz CT molecular complexity index is 467. The number of hydrogen-bond acceptors (Lipinski definition) is 7. The summed E-state index contributed by atoms with van der Waals surface area (Å²) in [5.41, 5.74) is -1.13. The van der Waals surface area contributed by atoms with Gasteiger partial charge in [0.2, 0.25) is 5.76 Å². The molecule has 0 bridgehead atoms. The topological polar surface area (TPSA) is 105 Å². The molecule has 27 heavy (non-hydrogen) atoms. The Balaban J connectivity index is 2.51. The van der Waals surface area contributed by atoms with Crippen LogP contribution in [-0.4, -0.2) is 58.9 Å². The van der Waals surface area contributed by atoms with Crippen LogP contribution in [0, 0.1) is 0 Å². The molecule has 7 nitrogen and oxygen atoms in total. The molecule has 3 N–H and O–H groups in total.